The topological polar surface area (TPSA) is 28.7 Å². The van der Waals surface area contributed by atoms with Crippen LogP contribution in [-0.2, 0) is 12.8 Å². The molecule has 0 N–H and O–H groups in total. The molecule has 4 rings (SSSR count). The normalized spacial score (nSPS) is 24.4. The van der Waals surface area contributed by atoms with Crippen molar-refractivity contribution in [2.75, 3.05) is 13.6 Å². The number of aliphatic imine (C=N–C) groups is 1. The third kappa shape index (κ3) is 1.77. The minimum absolute atomic E-state index is 0.101. The largest absolute Gasteiger partial charge is 0.464 e. The number of nitrogens with zero attached hydrogens (tertiary/aromatic N) is 2. The Balaban J connectivity index is 1.74. The predicted molar refractivity (Wildman–Crippen MR) is 80.0 cm³/mol. The first-order chi connectivity index (χ1) is 9.76. The minimum Gasteiger partial charge on any atom is -0.464 e. The van der Waals surface area contributed by atoms with Crippen molar-refractivity contribution in [1.29, 1.82) is 0 Å². The van der Waals surface area contributed by atoms with E-state index in [1.165, 1.54) is 16.7 Å². The van der Waals surface area contributed by atoms with Crippen LogP contribution in [0, 0.1) is 0 Å². The second-order valence-corrected chi connectivity index (χ2v) is 5.98. The van der Waals surface area contributed by atoms with Crippen LogP contribution in [0.1, 0.15) is 17.5 Å². The van der Waals surface area contributed by atoms with E-state index < -0.39 is 0 Å². The summed E-state index contributed by atoms with van der Waals surface area (Å²) in [6.07, 6.45) is 6.98. The molecule has 3 heteroatoms. The van der Waals surface area contributed by atoms with Gasteiger partial charge in [0, 0.05) is 19.2 Å². The Morgan fingerprint density at radius 1 is 1.25 bits per heavy atom. The van der Waals surface area contributed by atoms with E-state index in [1.54, 1.807) is 6.26 Å². The Bertz CT molecular complexity index is 660. The number of likely N-dealkylation sites (N-methyl/N-ethyl adjacent to an activating group) is 1. The lowest BCUT2D eigenvalue weighted by Crippen LogP contribution is -2.38. The zero-order valence-corrected chi connectivity index (χ0v) is 11.7. The third-order valence-electron chi connectivity index (χ3n) is 4.49. The summed E-state index contributed by atoms with van der Waals surface area (Å²) < 4.78 is 5.58. The van der Waals surface area contributed by atoms with Crippen LogP contribution in [0.4, 0.5) is 0 Å². The predicted octanol–water partition coefficient (Wildman–Crippen LogP) is 3.15. The van der Waals surface area contributed by atoms with Crippen molar-refractivity contribution in [3.05, 3.63) is 47.7 Å². The van der Waals surface area contributed by atoms with E-state index in [9.17, 15) is 0 Å². The van der Waals surface area contributed by atoms with Crippen LogP contribution in [0.25, 0.3) is 11.3 Å². The zero-order valence-electron chi connectivity index (χ0n) is 11.7. The Labute approximate surface area is 118 Å². The van der Waals surface area contributed by atoms with Crippen LogP contribution >= 0.6 is 0 Å². The summed E-state index contributed by atoms with van der Waals surface area (Å²) in [7, 11) is 2.10. The summed E-state index contributed by atoms with van der Waals surface area (Å²) in [5.74, 6) is 0.977. The molecule has 0 unspecified atom stereocenters. The molecular formula is C17H18N2O. The molecule has 1 aliphatic carbocycles. The average molecular weight is 266 g/mol. The van der Waals surface area contributed by atoms with E-state index in [2.05, 4.69) is 30.1 Å². The fourth-order valence-corrected chi connectivity index (χ4v) is 3.57. The Morgan fingerprint density at radius 2 is 2.20 bits per heavy atom. The van der Waals surface area contributed by atoms with Crippen molar-refractivity contribution in [3.63, 3.8) is 0 Å². The van der Waals surface area contributed by atoms with Gasteiger partial charge in [0.05, 0.1) is 18.1 Å². The number of rotatable bonds is 1. The molecule has 0 saturated carbocycles. The Kier molecular flexibility index (Phi) is 2.49. The first kappa shape index (κ1) is 11.8. The minimum atomic E-state index is 0.101. The molecule has 2 aliphatic rings. The maximum atomic E-state index is 5.58. The number of benzene rings is 1. The highest BCUT2D eigenvalue weighted by Crippen LogP contribution is 2.38. The van der Waals surface area contributed by atoms with Crippen LogP contribution in [0.15, 0.2) is 46.0 Å². The fraction of sp³-hybridized carbons (Fsp3) is 0.353. The van der Waals surface area contributed by atoms with E-state index in [-0.39, 0.29) is 5.54 Å². The molecule has 1 aliphatic heterocycles. The van der Waals surface area contributed by atoms with Crippen LogP contribution in [0.5, 0.6) is 0 Å². The van der Waals surface area contributed by atoms with Gasteiger partial charge in [0.2, 0.25) is 0 Å². The van der Waals surface area contributed by atoms with Crippen LogP contribution in [-0.4, -0.2) is 30.4 Å². The number of hydrogen-bond acceptors (Lipinski definition) is 3. The molecule has 1 aromatic heterocycles. The molecule has 1 atom stereocenters. The number of furan rings is 1. The Morgan fingerprint density at radius 3 is 2.95 bits per heavy atom. The van der Waals surface area contributed by atoms with Crippen molar-refractivity contribution < 1.29 is 4.42 Å². The molecule has 0 radical (unpaired) electrons. The van der Waals surface area contributed by atoms with Crippen molar-refractivity contribution in [1.82, 2.24) is 4.90 Å². The number of hydrogen-bond donors (Lipinski definition) is 0. The summed E-state index contributed by atoms with van der Waals surface area (Å²) >= 11 is 0. The van der Waals surface area contributed by atoms with Gasteiger partial charge in [-0.05, 0) is 42.5 Å². The van der Waals surface area contributed by atoms with Gasteiger partial charge in [-0.15, -0.1) is 0 Å². The highest BCUT2D eigenvalue weighted by atomic mass is 16.3. The van der Waals surface area contributed by atoms with Gasteiger partial charge < -0.3 is 9.32 Å². The summed E-state index contributed by atoms with van der Waals surface area (Å²) in [4.78, 5) is 6.97. The maximum Gasteiger partial charge on any atom is 0.134 e. The van der Waals surface area contributed by atoms with E-state index in [1.807, 2.05) is 18.5 Å². The quantitative estimate of drug-likeness (QED) is 0.793. The van der Waals surface area contributed by atoms with Crippen LogP contribution in [0.2, 0.25) is 0 Å². The van der Waals surface area contributed by atoms with Crippen molar-refractivity contribution in [2.24, 2.45) is 4.99 Å². The molecule has 3 nitrogen and oxygen atoms in total. The first-order valence-corrected chi connectivity index (χ1v) is 7.16. The molecule has 102 valence electrons. The van der Waals surface area contributed by atoms with Gasteiger partial charge in [0.15, 0.2) is 0 Å². The van der Waals surface area contributed by atoms with Gasteiger partial charge in [-0.25, -0.2) is 0 Å². The SMILES string of the molecule is CN1C=N[C@@]2(CCc3c(cccc3-c3ccco3)C2)C1. The maximum absolute atomic E-state index is 5.58. The van der Waals surface area contributed by atoms with Gasteiger partial charge in [0.25, 0.3) is 0 Å². The van der Waals surface area contributed by atoms with Crippen molar-refractivity contribution in [2.45, 2.75) is 24.8 Å². The Hall–Kier alpha value is -2.03. The first-order valence-electron chi connectivity index (χ1n) is 7.16. The highest BCUT2D eigenvalue weighted by molar-refractivity contribution is 5.66. The molecule has 0 fully saturated rings. The van der Waals surface area contributed by atoms with Gasteiger partial charge in [-0.2, -0.15) is 0 Å². The summed E-state index contributed by atoms with van der Waals surface area (Å²) in [5, 5.41) is 0. The molecule has 1 spiro atoms. The zero-order chi connectivity index (χ0) is 13.6. The molecule has 2 aromatic rings. The monoisotopic (exact) mass is 266 g/mol. The third-order valence-corrected chi connectivity index (χ3v) is 4.49. The molecule has 0 bridgehead atoms. The van der Waals surface area contributed by atoms with Gasteiger partial charge in [-0.1, -0.05) is 18.2 Å². The average Bonchev–Trinajstić information content (AvgIpc) is 3.09. The van der Waals surface area contributed by atoms with E-state index in [0.717, 1.165) is 31.6 Å². The standard InChI is InChI=1S/C17H18N2O/c1-19-11-17(18-12-19)8-7-14-13(10-17)4-2-5-15(14)16-6-3-9-20-16/h2-6,9,12H,7-8,10-11H2,1H3/t17-/m1/s1. The molecule has 0 saturated heterocycles. The second kappa shape index (κ2) is 4.23. The summed E-state index contributed by atoms with van der Waals surface area (Å²) in [5.41, 5.74) is 4.22. The molecule has 20 heavy (non-hydrogen) atoms. The number of fused-ring (bicyclic) bond motifs is 1. The van der Waals surface area contributed by atoms with Crippen LogP contribution < -0.4 is 0 Å². The molecule has 2 heterocycles. The van der Waals surface area contributed by atoms with Gasteiger partial charge in [0.1, 0.15) is 5.76 Å². The smallest absolute Gasteiger partial charge is 0.134 e. The van der Waals surface area contributed by atoms with Crippen molar-refractivity contribution >= 4 is 6.34 Å². The molecule has 1 aromatic carbocycles. The van der Waals surface area contributed by atoms with E-state index in [4.69, 9.17) is 9.41 Å². The lowest BCUT2D eigenvalue weighted by Gasteiger charge is -2.33. The van der Waals surface area contributed by atoms with Gasteiger partial charge >= 0.3 is 0 Å². The van der Waals surface area contributed by atoms with Crippen molar-refractivity contribution in [3.8, 4) is 11.3 Å². The lowest BCUT2D eigenvalue weighted by molar-refractivity contribution is 0.336. The summed E-state index contributed by atoms with van der Waals surface area (Å²) in [6, 6.07) is 10.5. The van der Waals surface area contributed by atoms with Gasteiger partial charge in [-0.3, -0.25) is 4.99 Å². The fourth-order valence-electron chi connectivity index (χ4n) is 3.57. The lowest BCUT2D eigenvalue weighted by atomic mass is 9.77. The van der Waals surface area contributed by atoms with E-state index >= 15 is 0 Å². The highest BCUT2D eigenvalue weighted by Gasteiger charge is 2.38. The summed E-state index contributed by atoms with van der Waals surface area (Å²) in [6.45, 7) is 1.04. The van der Waals surface area contributed by atoms with Crippen LogP contribution in [0.3, 0.4) is 0 Å². The molecule has 0 amide bonds. The van der Waals surface area contributed by atoms with E-state index in [0.29, 0.717) is 0 Å². The second-order valence-electron chi connectivity index (χ2n) is 5.98. The molecular weight excluding hydrogens is 248 g/mol.